The van der Waals surface area contributed by atoms with Gasteiger partial charge in [-0.3, -0.25) is 9.89 Å². The Hall–Kier alpha value is -2.63. The van der Waals surface area contributed by atoms with Crippen molar-refractivity contribution >= 4 is 11.9 Å². The third-order valence-corrected chi connectivity index (χ3v) is 3.44. The summed E-state index contributed by atoms with van der Waals surface area (Å²) >= 11 is 0. The van der Waals surface area contributed by atoms with Crippen LogP contribution in [0.4, 0.5) is 0 Å². The van der Waals surface area contributed by atoms with Crippen LogP contribution >= 0.6 is 0 Å². The van der Waals surface area contributed by atoms with E-state index in [0.29, 0.717) is 36.3 Å². The number of amides is 1. The van der Waals surface area contributed by atoms with Crippen LogP contribution < -0.4 is 0 Å². The second-order valence-corrected chi connectivity index (χ2v) is 4.68. The number of H-pyrrole nitrogens is 1. The third kappa shape index (κ3) is 2.05. The van der Waals surface area contributed by atoms with Gasteiger partial charge in [0.2, 0.25) is 0 Å². The SMILES string of the molecule is O=C(O)c1n[nH]c2c1CCN(C(=O)c1ccccc1)C2. The van der Waals surface area contributed by atoms with Crippen LogP contribution in [0.1, 0.15) is 32.1 Å². The van der Waals surface area contributed by atoms with Crippen LogP contribution in [0, 0.1) is 0 Å². The van der Waals surface area contributed by atoms with Gasteiger partial charge in [0.05, 0.1) is 12.2 Å². The first kappa shape index (κ1) is 12.4. The van der Waals surface area contributed by atoms with Crippen LogP contribution in [0.25, 0.3) is 0 Å². The van der Waals surface area contributed by atoms with Gasteiger partial charge in [0.25, 0.3) is 5.91 Å². The average molecular weight is 271 g/mol. The Labute approximate surface area is 115 Å². The summed E-state index contributed by atoms with van der Waals surface area (Å²) in [4.78, 5) is 25.0. The summed E-state index contributed by atoms with van der Waals surface area (Å²) in [5.74, 6) is -1.09. The Bertz CT molecular complexity index is 664. The molecule has 0 saturated heterocycles. The molecule has 0 saturated carbocycles. The van der Waals surface area contributed by atoms with E-state index in [1.807, 2.05) is 18.2 Å². The number of aromatic nitrogens is 2. The van der Waals surface area contributed by atoms with Gasteiger partial charge in [0.1, 0.15) is 0 Å². The molecule has 0 unspecified atom stereocenters. The predicted octanol–water partition coefficient (Wildman–Crippen LogP) is 1.31. The van der Waals surface area contributed by atoms with Crippen LogP contribution in [-0.2, 0) is 13.0 Å². The van der Waals surface area contributed by atoms with E-state index in [-0.39, 0.29) is 11.6 Å². The molecule has 1 aliphatic rings. The number of carbonyl (C=O) groups excluding carboxylic acids is 1. The van der Waals surface area contributed by atoms with Crippen molar-refractivity contribution in [1.29, 1.82) is 0 Å². The highest BCUT2D eigenvalue weighted by Crippen LogP contribution is 2.21. The molecule has 6 heteroatoms. The Balaban J connectivity index is 1.83. The predicted molar refractivity (Wildman–Crippen MR) is 70.4 cm³/mol. The van der Waals surface area contributed by atoms with Gasteiger partial charge in [-0.2, -0.15) is 5.10 Å². The molecule has 0 spiro atoms. The zero-order valence-corrected chi connectivity index (χ0v) is 10.7. The Morgan fingerprint density at radius 2 is 2.00 bits per heavy atom. The van der Waals surface area contributed by atoms with Crippen molar-refractivity contribution in [2.75, 3.05) is 6.54 Å². The maximum atomic E-state index is 12.3. The van der Waals surface area contributed by atoms with Crippen LogP contribution in [-0.4, -0.2) is 38.6 Å². The quantitative estimate of drug-likeness (QED) is 0.862. The van der Waals surface area contributed by atoms with Gasteiger partial charge in [-0.05, 0) is 18.6 Å². The minimum Gasteiger partial charge on any atom is -0.476 e. The van der Waals surface area contributed by atoms with E-state index in [9.17, 15) is 9.59 Å². The van der Waals surface area contributed by atoms with Crippen LogP contribution in [0.5, 0.6) is 0 Å². The van der Waals surface area contributed by atoms with Gasteiger partial charge >= 0.3 is 5.97 Å². The van der Waals surface area contributed by atoms with Crippen molar-refractivity contribution in [3.05, 3.63) is 52.8 Å². The average Bonchev–Trinajstić information content (AvgIpc) is 2.90. The largest absolute Gasteiger partial charge is 0.476 e. The van der Waals surface area contributed by atoms with E-state index in [0.717, 1.165) is 0 Å². The number of aromatic carboxylic acids is 1. The number of carbonyl (C=O) groups is 2. The molecule has 0 fully saturated rings. The second-order valence-electron chi connectivity index (χ2n) is 4.68. The summed E-state index contributed by atoms with van der Waals surface area (Å²) < 4.78 is 0. The summed E-state index contributed by atoms with van der Waals surface area (Å²) in [6, 6.07) is 9.04. The summed E-state index contributed by atoms with van der Waals surface area (Å²) in [6.07, 6.45) is 0.506. The number of nitrogens with zero attached hydrogens (tertiary/aromatic N) is 2. The summed E-state index contributed by atoms with van der Waals surface area (Å²) in [7, 11) is 0. The molecule has 2 aromatic rings. The number of hydrogen-bond donors (Lipinski definition) is 2. The van der Waals surface area contributed by atoms with Crippen molar-refractivity contribution in [3.8, 4) is 0 Å². The number of carboxylic acid groups (broad SMARTS) is 1. The number of fused-ring (bicyclic) bond motifs is 1. The summed E-state index contributed by atoms with van der Waals surface area (Å²) in [5, 5.41) is 15.5. The lowest BCUT2D eigenvalue weighted by Gasteiger charge is -2.26. The van der Waals surface area contributed by atoms with Crippen molar-refractivity contribution in [3.63, 3.8) is 0 Å². The van der Waals surface area contributed by atoms with E-state index in [1.165, 1.54) is 0 Å². The van der Waals surface area contributed by atoms with Gasteiger partial charge in [-0.25, -0.2) is 4.79 Å². The topological polar surface area (TPSA) is 86.3 Å². The fourth-order valence-electron chi connectivity index (χ4n) is 2.43. The molecule has 102 valence electrons. The normalized spacial score (nSPS) is 13.9. The number of benzene rings is 1. The highest BCUT2D eigenvalue weighted by atomic mass is 16.4. The minimum atomic E-state index is -1.04. The van der Waals surface area contributed by atoms with Gasteiger partial charge in [0.15, 0.2) is 5.69 Å². The smallest absolute Gasteiger partial charge is 0.356 e. The van der Waals surface area contributed by atoms with Crippen molar-refractivity contribution < 1.29 is 14.7 Å². The van der Waals surface area contributed by atoms with E-state index in [1.54, 1.807) is 17.0 Å². The fraction of sp³-hybridized carbons (Fsp3) is 0.214. The molecule has 0 aliphatic carbocycles. The monoisotopic (exact) mass is 271 g/mol. The van der Waals surface area contributed by atoms with Gasteiger partial charge in [-0.1, -0.05) is 18.2 Å². The van der Waals surface area contributed by atoms with Crippen LogP contribution in [0.3, 0.4) is 0 Å². The number of aromatic amines is 1. The molecule has 1 aliphatic heterocycles. The first-order valence-corrected chi connectivity index (χ1v) is 6.30. The third-order valence-electron chi connectivity index (χ3n) is 3.44. The molecular weight excluding hydrogens is 258 g/mol. The molecule has 0 atom stereocenters. The van der Waals surface area contributed by atoms with E-state index in [4.69, 9.17) is 5.11 Å². The maximum Gasteiger partial charge on any atom is 0.356 e. The number of carboxylic acids is 1. The lowest BCUT2D eigenvalue weighted by atomic mass is 10.0. The molecular formula is C14H13N3O3. The fourth-order valence-corrected chi connectivity index (χ4v) is 2.43. The van der Waals surface area contributed by atoms with E-state index >= 15 is 0 Å². The molecule has 20 heavy (non-hydrogen) atoms. The molecule has 2 heterocycles. The Morgan fingerprint density at radius 1 is 1.25 bits per heavy atom. The van der Waals surface area contributed by atoms with E-state index < -0.39 is 5.97 Å². The lowest BCUT2D eigenvalue weighted by molar-refractivity contribution is 0.0689. The highest BCUT2D eigenvalue weighted by Gasteiger charge is 2.27. The Kier molecular flexibility index (Phi) is 2.98. The molecule has 0 bridgehead atoms. The number of rotatable bonds is 2. The first-order chi connectivity index (χ1) is 9.66. The molecule has 6 nitrogen and oxygen atoms in total. The lowest BCUT2D eigenvalue weighted by Crippen LogP contribution is -2.36. The van der Waals surface area contributed by atoms with Crippen LogP contribution in [0.15, 0.2) is 30.3 Å². The zero-order valence-electron chi connectivity index (χ0n) is 10.7. The molecule has 1 amide bonds. The standard InChI is InChI=1S/C14H13N3O3/c18-13(9-4-2-1-3-5-9)17-7-6-10-11(8-17)15-16-12(10)14(19)20/h1-5H,6-8H2,(H,15,16)(H,19,20). The minimum absolute atomic E-state index is 0.0530. The van der Waals surface area contributed by atoms with Crippen molar-refractivity contribution in [1.82, 2.24) is 15.1 Å². The van der Waals surface area contributed by atoms with Gasteiger partial charge in [-0.15, -0.1) is 0 Å². The number of hydrogen-bond acceptors (Lipinski definition) is 3. The Morgan fingerprint density at radius 3 is 2.70 bits per heavy atom. The first-order valence-electron chi connectivity index (χ1n) is 6.30. The molecule has 1 aromatic carbocycles. The van der Waals surface area contributed by atoms with Crippen molar-refractivity contribution in [2.24, 2.45) is 0 Å². The summed E-state index contributed by atoms with van der Waals surface area (Å²) in [6.45, 7) is 0.865. The maximum absolute atomic E-state index is 12.3. The summed E-state index contributed by atoms with van der Waals surface area (Å²) in [5.41, 5.74) is 2.10. The molecule has 1 aromatic heterocycles. The van der Waals surface area contributed by atoms with Gasteiger partial charge < -0.3 is 10.0 Å². The second kappa shape index (κ2) is 4.80. The number of nitrogens with one attached hydrogen (secondary N) is 1. The van der Waals surface area contributed by atoms with Crippen molar-refractivity contribution in [2.45, 2.75) is 13.0 Å². The highest BCUT2D eigenvalue weighted by molar-refractivity contribution is 5.94. The van der Waals surface area contributed by atoms with E-state index in [2.05, 4.69) is 10.2 Å². The molecule has 2 N–H and O–H groups in total. The molecule has 0 radical (unpaired) electrons. The van der Waals surface area contributed by atoms with Crippen LogP contribution in [0.2, 0.25) is 0 Å². The zero-order chi connectivity index (χ0) is 14.1. The van der Waals surface area contributed by atoms with Gasteiger partial charge in [0, 0.05) is 17.7 Å². The molecule has 3 rings (SSSR count).